The number of benzene rings is 1. The van der Waals surface area contributed by atoms with E-state index in [4.69, 9.17) is 16.8 Å². The molecule has 1 N–H and O–H groups in total. The second-order valence-corrected chi connectivity index (χ2v) is 3.18. The van der Waals surface area contributed by atoms with Crippen molar-refractivity contribution in [3.8, 4) is 0 Å². The molecule has 2 nitrogen and oxygen atoms in total. The fraction of sp³-hybridized carbons (Fsp3) is 0.300. The minimum Gasteiger partial charge on any atom is -0.410 e. The van der Waals surface area contributed by atoms with Crippen molar-refractivity contribution >= 4 is 16.8 Å². The Morgan fingerprint density at radius 2 is 2.08 bits per heavy atom. The first kappa shape index (κ1) is 10.1. The first-order chi connectivity index (χ1) is 6.29. The van der Waals surface area contributed by atoms with E-state index in [1.807, 2.05) is 37.3 Å². The van der Waals surface area contributed by atoms with Crippen molar-refractivity contribution in [1.29, 1.82) is 0 Å². The molecule has 0 heterocycles. The summed E-state index contributed by atoms with van der Waals surface area (Å²) in [5.74, 6) is 0.00728. The Labute approximate surface area is 82.8 Å². The van der Waals surface area contributed by atoms with Crippen LogP contribution >= 0.6 is 11.6 Å². The number of hydrogen-bond acceptors (Lipinski definition) is 2. The minimum atomic E-state index is 0.00728. The number of hydrogen-bond donors (Lipinski definition) is 1. The Hall–Kier alpha value is -1.02. The van der Waals surface area contributed by atoms with Crippen LogP contribution < -0.4 is 0 Å². The zero-order chi connectivity index (χ0) is 9.68. The van der Waals surface area contributed by atoms with E-state index in [0.29, 0.717) is 0 Å². The predicted molar refractivity (Wildman–Crippen MR) is 54.5 cm³/mol. The maximum absolute atomic E-state index is 8.55. The van der Waals surface area contributed by atoms with Gasteiger partial charge in [0.25, 0.3) is 0 Å². The van der Waals surface area contributed by atoms with E-state index < -0.39 is 0 Å². The van der Waals surface area contributed by atoms with Crippen LogP contribution in [0.25, 0.3) is 0 Å². The normalized spacial score (nSPS) is 14.2. The van der Waals surface area contributed by atoms with Crippen LogP contribution in [-0.2, 0) is 0 Å². The minimum absolute atomic E-state index is 0.00728. The summed E-state index contributed by atoms with van der Waals surface area (Å²) < 4.78 is 0. The van der Waals surface area contributed by atoms with Crippen molar-refractivity contribution in [3.63, 3.8) is 0 Å². The third-order valence-corrected chi connectivity index (χ3v) is 2.33. The maximum atomic E-state index is 8.55. The topological polar surface area (TPSA) is 32.6 Å². The van der Waals surface area contributed by atoms with E-state index in [9.17, 15) is 0 Å². The van der Waals surface area contributed by atoms with Gasteiger partial charge in [0.2, 0.25) is 0 Å². The molecule has 0 spiro atoms. The third kappa shape index (κ3) is 2.46. The Morgan fingerprint density at radius 1 is 1.46 bits per heavy atom. The Balaban J connectivity index is 2.91. The third-order valence-electron chi connectivity index (χ3n) is 1.99. The molecule has 0 aliphatic rings. The predicted octanol–water partition coefficient (Wildman–Crippen LogP) is 3.21. The van der Waals surface area contributed by atoms with Crippen LogP contribution in [0.4, 0.5) is 0 Å². The van der Waals surface area contributed by atoms with E-state index in [1.54, 1.807) is 0 Å². The van der Waals surface area contributed by atoms with Crippen LogP contribution in [-0.4, -0.2) is 10.4 Å². The van der Waals surface area contributed by atoms with E-state index in [2.05, 4.69) is 5.16 Å². The van der Waals surface area contributed by atoms with Crippen molar-refractivity contribution in [2.24, 2.45) is 5.16 Å². The first-order valence-corrected chi connectivity index (χ1v) is 4.59. The Bertz CT molecular complexity index is 284. The average molecular weight is 198 g/mol. The summed E-state index contributed by atoms with van der Waals surface area (Å²) in [6.07, 6.45) is 0.826. The molecular weight excluding hydrogens is 186 g/mol. The lowest BCUT2D eigenvalue weighted by atomic mass is 9.98. The summed E-state index contributed by atoms with van der Waals surface area (Å²) in [5.41, 5.74) is 1.08. The van der Waals surface area contributed by atoms with E-state index in [-0.39, 0.29) is 11.1 Å². The molecule has 13 heavy (non-hydrogen) atoms. The molecule has 1 rings (SSSR count). The van der Waals surface area contributed by atoms with Crippen LogP contribution in [0.2, 0.25) is 0 Å². The molecule has 1 aromatic carbocycles. The lowest BCUT2D eigenvalue weighted by Crippen LogP contribution is -2.05. The highest BCUT2D eigenvalue weighted by molar-refractivity contribution is 6.66. The largest absolute Gasteiger partial charge is 0.410 e. The average Bonchev–Trinajstić information content (AvgIpc) is 2.20. The van der Waals surface area contributed by atoms with Crippen LogP contribution in [0, 0.1) is 0 Å². The lowest BCUT2D eigenvalue weighted by molar-refractivity contribution is 0.318. The van der Waals surface area contributed by atoms with Gasteiger partial charge in [-0.25, -0.2) is 0 Å². The first-order valence-electron chi connectivity index (χ1n) is 4.22. The van der Waals surface area contributed by atoms with Gasteiger partial charge in [0.05, 0.1) is 0 Å². The van der Waals surface area contributed by atoms with E-state index in [1.165, 1.54) is 0 Å². The van der Waals surface area contributed by atoms with Crippen molar-refractivity contribution in [2.45, 2.75) is 19.3 Å². The van der Waals surface area contributed by atoms with E-state index in [0.717, 1.165) is 12.0 Å². The molecule has 0 aromatic heterocycles. The SMILES string of the molecule is CCC(/C(Cl)=N\O)c1ccccc1. The molecule has 3 heteroatoms. The van der Waals surface area contributed by atoms with Crippen molar-refractivity contribution < 1.29 is 5.21 Å². The van der Waals surface area contributed by atoms with Crippen LogP contribution in [0.15, 0.2) is 35.5 Å². The molecule has 0 bridgehead atoms. The zero-order valence-corrected chi connectivity index (χ0v) is 8.20. The molecule has 0 amide bonds. The monoisotopic (exact) mass is 197 g/mol. The van der Waals surface area contributed by atoms with Gasteiger partial charge >= 0.3 is 0 Å². The molecule has 0 saturated heterocycles. The molecular formula is C10H12ClNO. The lowest BCUT2D eigenvalue weighted by Gasteiger charge is -2.11. The molecule has 0 saturated carbocycles. The fourth-order valence-corrected chi connectivity index (χ4v) is 1.58. The summed E-state index contributed by atoms with van der Waals surface area (Å²) in [6, 6.07) is 9.78. The number of oxime groups is 1. The van der Waals surface area contributed by atoms with Crippen LogP contribution in [0.5, 0.6) is 0 Å². The molecule has 0 aliphatic heterocycles. The van der Waals surface area contributed by atoms with Gasteiger partial charge in [0, 0.05) is 5.92 Å². The van der Waals surface area contributed by atoms with Crippen molar-refractivity contribution in [3.05, 3.63) is 35.9 Å². The second-order valence-electron chi connectivity index (χ2n) is 2.79. The zero-order valence-electron chi connectivity index (χ0n) is 7.44. The standard InChI is InChI=1S/C10H12ClNO/c1-2-9(10(11)12-13)8-6-4-3-5-7-8/h3-7,9,13H,2H2,1H3/b12-10+. The van der Waals surface area contributed by atoms with Gasteiger partial charge in [-0.1, -0.05) is 54.0 Å². The number of halogens is 1. The number of nitrogens with zero attached hydrogens (tertiary/aromatic N) is 1. The van der Waals surface area contributed by atoms with Gasteiger partial charge in [-0.3, -0.25) is 0 Å². The fourth-order valence-electron chi connectivity index (χ4n) is 1.30. The smallest absolute Gasteiger partial charge is 0.152 e. The highest BCUT2D eigenvalue weighted by atomic mass is 35.5. The molecule has 0 aliphatic carbocycles. The summed E-state index contributed by atoms with van der Waals surface area (Å²) >= 11 is 5.77. The molecule has 1 aromatic rings. The highest BCUT2D eigenvalue weighted by Crippen LogP contribution is 2.22. The molecule has 0 radical (unpaired) electrons. The van der Waals surface area contributed by atoms with Crippen molar-refractivity contribution in [1.82, 2.24) is 0 Å². The molecule has 0 fully saturated rings. The van der Waals surface area contributed by atoms with Gasteiger partial charge in [0.1, 0.15) is 0 Å². The van der Waals surface area contributed by atoms with Gasteiger partial charge < -0.3 is 5.21 Å². The van der Waals surface area contributed by atoms with Crippen LogP contribution in [0.3, 0.4) is 0 Å². The maximum Gasteiger partial charge on any atom is 0.152 e. The molecule has 1 unspecified atom stereocenters. The Morgan fingerprint density at radius 3 is 2.54 bits per heavy atom. The van der Waals surface area contributed by atoms with Crippen molar-refractivity contribution in [2.75, 3.05) is 0 Å². The highest BCUT2D eigenvalue weighted by Gasteiger charge is 2.14. The summed E-state index contributed by atoms with van der Waals surface area (Å²) in [6.45, 7) is 2.01. The van der Waals surface area contributed by atoms with Gasteiger partial charge in [-0.2, -0.15) is 0 Å². The summed E-state index contributed by atoms with van der Waals surface area (Å²) in [7, 11) is 0. The number of rotatable bonds is 3. The Kier molecular flexibility index (Phi) is 3.77. The second kappa shape index (κ2) is 4.87. The van der Waals surface area contributed by atoms with Gasteiger partial charge in [-0.15, -0.1) is 0 Å². The quantitative estimate of drug-likeness (QED) is 0.451. The molecule has 1 atom stereocenters. The van der Waals surface area contributed by atoms with Gasteiger partial charge in [-0.05, 0) is 12.0 Å². The van der Waals surface area contributed by atoms with Gasteiger partial charge in [0.15, 0.2) is 5.17 Å². The summed E-state index contributed by atoms with van der Waals surface area (Å²) in [5, 5.41) is 11.8. The van der Waals surface area contributed by atoms with E-state index >= 15 is 0 Å². The van der Waals surface area contributed by atoms with Crippen LogP contribution in [0.1, 0.15) is 24.8 Å². The summed E-state index contributed by atoms with van der Waals surface area (Å²) in [4.78, 5) is 0. The molecule has 70 valence electrons.